The monoisotopic (exact) mass is 313 g/mol. The van der Waals surface area contributed by atoms with Crippen molar-refractivity contribution in [3.05, 3.63) is 0 Å². The van der Waals surface area contributed by atoms with Gasteiger partial charge in [-0.05, 0) is 45.4 Å². The molecule has 0 amide bonds. The van der Waals surface area contributed by atoms with Crippen molar-refractivity contribution in [1.82, 2.24) is 10.6 Å². The molecule has 0 spiro atoms. The molecule has 0 heterocycles. The number of hydrogen-bond donors (Lipinski definition) is 2. The van der Waals surface area contributed by atoms with E-state index in [0.717, 1.165) is 58.4 Å². The first-order chi connectivity index (χ1) is 10.8. The first-order valence-electron chi connectivity index (χ1n) is 8.94. The van der Waals surface area contributed by atoms with E-state index in [1.54, 1.807) is 0 Å². The number of nitrogens with one attached hydrogen (secondary N) is 2. The lowest BCUT2D eigenvalue weighted by molar-refractivity contribution is 0.107. The van der Waals surface area contributed by atoms with Gasteiger partial charge in [-0.3, -0.25) is 4.99 Å². The molecular formula is C17H35N3O2. The Balaban J connectivity index is 2.48. The van der Waals surface area contributed by atoms with E-state index in [1.807, 2.05) is 6.92 Å². The maximum Gasteiger partial charge on any atom is 0.191 e. The van der Waals surface area contributed by atoms with Crippen LogP contribution in [0.4, 0.5) is 0 Å². The highest BCUT2D eigenvalue weighted by atomic mass is 16.5. The van der Waals surface area contributed by atoms with Gasteiger partial charge in [-0.25, -0.2) is 0 Å². The molecule has 0 unspecified atom stereocenters. The fourth-order valence-electron chi connectivity index (χ4n) is 3.02. The van der Waals surface area contributed by atoms with Crippen LogP contribution < -0.4 is 10.6 Å². The second-order valence-electron chi connectivity index (χ2n) is 5.97. The number of hydrogen-bond acceptors (Lipinski definition) is 3. The summed E-state index contributed by atoms with van der Waals surface area (Å²) in [4.78, 5) is 4.83. The molecule has 130 valence electrons. The summed E-state index contributed by atoms with van der Waals surface area (Å²) in [7, 11) is 0. The Kier molecular flexibility index (Phi) is 10.2. The van der Waals surface area contributed by atoms with Gasteiger partial charge >= 0.3 is 0 Å². The zero-order valence-corrected chi connectivity index (χ0v) is 14.7. The fraction of sp³-hybridized carbons (Fsp3) is 0.941. The number of aliphatic imine (C=N–C) groups is 1. The summed E-state index contributed by atoms with van der Waals surface area (Å²) in [5.74, 6) is 0.907. The van der Waals surface area contributed by atoms with Gasteiger partial charge < -0.3 is 20.1 Å². The second kappa shape index (κ2) is 11.7. The van der Waals surface area contributed by atoms with Crippen molar-refractivity contribution >= 4 is 5.96 Å². The van der Waals surface area contributed by atoms with E-state index in [-0.39, 0.29) is 0 Å². The number of nitrogens with zero attached hydrogens (tertiary/aromatic N) is 1. The Bertz CT molecular complexity index is 302. The second-order valence-corrected chi connectivity index (χ2v) is 5.97. The highest BCUT2D eigenvalue weighted by Crippen LogP contribution is 2.41. The third kappa shape index (κ3) is 7.45. The zero-order chi connectivity index (χ0) is 16.1. The molecule has 1 saturated carbocycles. The molecule has 1 rings (SSSR count). The van der Waals surface area contributed by atoms with Gasteiger partial charge in [-0.1, -0.05) is 12.8 Å². The summed E-state index contributed by atoms with van der Waals surface area (Å²) < 4.78 is 10.9. The molecule has 1 aliphatic carbocycles. The van der Waals surface area contributed by atoms with E-state index in [4.69, 9.17) is 14.5 Å². The summed E-state index contributed by atoms with van der Waals surface area (Å²) in [6, 6.07) is 0. The van der Waals surface area contributed by atoms with E-state index in [2.05, 4.69) is 24.5 Å². The van der Waals surface area contributed by atoms with Crippen molar-refractivity contribution < 1.29 is 9.47 Å². The lowest BCUT2D eigenvalue weighted by Gasteiger charge is -2.27. The Morgan fingerprint density at radius 1 is 1.00 bits per heavy atom. The topological polar surface area (TPSA) is 54.9 Å². The van der Waals surface area contributed by atoms with Crippen LogP contribution in [0.15, 0.2) is 4.99 Å². The van der Waals surface area contributed by atoms with Crippen LogP contribution in [-0.4, -0.2) is 52.0 Å². The zero-order valence-electron chi connectivity index (χ0n) is 14.7. The summed E-state index contributed by atoms with van der Waals surface area (Å²) in [6.07, 6.45) is 6.35. The quantitative estimate of drug-likeness (QED) is 0.350. The molecule has 1 fully saturated rings. The lowest BCUT2D eigenvalue weighted by Crippen LogP contribution is -2.40. The van der Waals surface area contributed by atoms with E-state index in [9.17, 15) is 0 Å². The average molecular weight is 313 g/mol. The van der Waals surface area contributed by atoms with E-state index < -0.39 is 0 Å². The normalized spacial score (nSPS) is 17.7. The maximum atomic E-state index is 5.57. The molecule has 5 nitrogen and oxygen atoms in total. The van der Waals surface area contributed by atoms with Gasteiger partial charge in [0.15, 0.2) is 5.96 Å². The number of rotatable bonds is 11. The molecular weight excluding hydrogens is 278 g/mol. The smallest absolute Gasteiger partial charge is 0.191 e. The van der Waals surface area contributed by atoms with Crippen molar-refractivity contribution in [3.63, 3.8) is 0 Å². The molecule has 22 heavy (non-hydrogen) atoms. The van der Waals surface area contributed by atoms with E-state index in [0.29, 0.717) is 5.41 Å². The van der Waals surface area contributed by atoms with Gasteiger partial charge in [0, 0.05) is 39.5 Å². The van der Waals surface area contributed by atoms with Gasteiger partial charge in [0.25, 0.3) is 0 Å². The minimum absolute atomic E-state index is 0.345. The van der Waals surface area contributed by atoms with Crippen LogP contribution in [-0.2, 0) is 9.47 Å². The fourth-order valence-corrected chi connectivity index (χ4v) is 3.02. The average Bonchev–Trinajstić information content (AvgIpc) is 2.98. The van der Waals surface area contributed by atoms with Gasteiger partial charge in [-0.15, -0.1) is 0 Å². The molecule has 0 aromatic carbocycles. The molecule has 2 N–H and O–H groups in total. The van der Waals surface area contributed by atoms with Crippen molar-refractivity contribution in [1.29, 1.82) is 0 Å². The van der Waals surface area contributed by atoms with Gasteiger partial charge in [0.1, 0.15) is 0 Å². The molecule has 1 aliphatic rings. The SMILES string of the molecule is CCNC(=NCC1(CCOCC)CCCC1)NCCOCC. The summed E-state index contributed by atoms with van der Waals surface area (Å²) >= 11 is 0. The predicted octanol–water partition coefficient (Wildman–Crippen LogP) is 2.57. The Hall–Kier alpha value is -0.810. The Morgan fingerprint density at radius 2 is 1.68 bits per heavy atom. The summed E-state index contributed by atoms with van der Waals surface area (Å²) in [5, 5.41) is 6.67. The minimum atomic E-state index is 0.345. The molecule has 0 aromatic heterocycles. The van der Waals surface area contributed by atoms with Crippen molar-refractivity contribution in [2.45, 2.75) is 52.9 Å². The molecule has 0 atom stereocenters. The third-order valence-electron chi connectivity index (χ3n) is 4.30. The van der Waals surface area contributed by atoms with Gasteiger partial charge in [0.05, 0.1) is 6.61 Å². The van der Waals surface area contributed by atoms with Crippen molar-refractivity contribution in [2.75, 3.05) is 46.1 Å². The molecule has 5 heteroatoms. The Morgan fingerprint density at radius 3 is 2.32 bits per heavy atom. The summed E-state index contributed by atoms with van der Waals surface area (Å²) in [6.45, 7) is 11.9. The first kappa shape index (κ1) is 19.2. The standard InChI is InChI=1S/C17H35N3O2/c1-4-18-16(19-12-14-22-6-3)20-15-17(9-7-8-10-17)11-13-21-5-2/h4-15H2,1-3H3,(H2,18,19,20). The third-order valence-corrected chi connectivity index (χ3v) is 4.30. The minimum Gasteiger partial charge on any atom is -0.382 e. The first-order valence-corrected chi connectivity index (χ1v) is 8.94. The van der Waals surface area contributed by atoms with Crippen LogP contribution in [0.2, 0.25) is 0 Å². The highest BCUT2D eigenvalue weighted by molar-refractivity contribution is 5.79. The number of guanidine groups is 1. The van der Waals surface area contributed by atoms with Crippen molar-refractivity contribution in [3.8, 4) is 0 Å². The van der Waals surface area contributed by atoms with Crippen LogP contribution >= 0.6 is 0 Å². The van der Waals surface area contributed by atoms with Crippen LogP contribution in [0.1, 0.15) is 52.9 Å². The van der Waals surface area contributed by atoms with Crippen LogP contribution in [0.5, 0.6) is 0 Å². The van der Waals surface area contributed by atoms with E-state index in [1.165, 1.54) is 25.7 Å². The van der Waals surface area contributed by atoms with Crippen LogP contribution in [0.25, 0.3) is 0 Å². The molecule has 0 bridgehead atoms. The molecule has 0 saturated heterocycles. The molecule has 0 aromatic rings. The number of ether oxygens (including phenoxy) is 2. The van der Waals surface area contributed by atoms with Crippen LogP contribution in [0.3, 0.4) is 0 Å². The Labute approximate surface area is 136 Å². The van der Waals surface area contributed by atoms with Gasteiger partial charge in [0.2, 0.25) is 0 Å². The predicted molar refractivity (Wildman–Crippen MR) is 92.5 cm³/mol. The summed E-state index contributed by atoms with van der Waals surface area (Å²) in [5.41, 5.74) is 0.345. The largest absolute Gasteiger partial charge is 0.382 e. The maximum absolute atomic E-state index is 5.57. The van der Waals surface area contributed by atoms with E-state index >= 15 is 0 Å². The molecule has 0 aliphatic heterocycles. The van der Waals surface area contributed by atoms with Crippen LogP contribution in [0, 0.1) is 5.41 Å². The van der Waals surface area contributed by atoms with Gasteiger partial charge in [-0.2, -0.15) is 0 Å². The highest BCUT2D eigenvalue weighted by Gasteiger charge is 2.33. The lowest BCUT2D eigenvalue weighted by atomic mass is 9.83. The molecule has 0 radical (unpaired) electrons. The van der Waals surface area contributed by atoms with Crippen molar-refractivity contribution in [2.24, 2.45) is 10.4 Å².